The van der Waals surface area contributed by atoms with E-state index in [2.05, 4.69) is 56.9 Å². The van der Waals surface area contributed by atoms with Crippen LogP contribution in [0.2, 0.25) is 0 Å². The average molecular weight is 422 g/mol. The maximum Gasteiger partial charge on any atom is 0.227 e. The lowest BCUT2D eigenvalue weighted by Gasteiger charge is -2.40. The van der Waals surface area contributed by atoms with Gasteiger partial charge >= 0.3 is 0 Å². The van der Waals surface area contributed by atoms with Crippen molar-refractivity contribution in [1.29, 1.82) is 0 Å². The number of hydrogen-bond donors (Lipinski definition) is 1. The lowest BCUT2D eigenvalue weighted by molar-refractivity contribution is 0.147. The lowest BCUT2D eigenvalue weighted by Crippen LogP contribution is -2.51. The van der Waals surface area contributed by atoms with Gasteiger partial charge in [0, 0.05) is 49.0 Å². The molecule has 0 bridgehead atoms. The van der Waals surface area contributed by atoms with Crippen LogP contribution in [0.5, 0.6) is 0 Å². The van der Waals surface area contributed by atoms with Crippen LogP contribution in [0.25, 0.3) is 10.9 Å². The van der Waals surface area contributed by atoms with Crippen molar-refractivity contribution in [1.82, 2.24) is 14.9 Å². The number of nitrogens with one attached hydrogen (secondary N) is 1. The van der Waals surface area contributed by atoms with Crippen LogP contribution in [0.15, 0.2) is 41.8 Å². The molecule has 0 unspecified atom stereocenters. The summed E-state index contributed by atoms with van der Waals surface area (Å²) in [7, 11) is 0. The summed E-state index contributed by atoms with van der Waals surface area (Å²) >= 11 is 1.81. The van der Waals surface area contributed by atoms with Crippen molar-refractivity contribution >= 4 is 34.0 Å². The minimum Gasteiger partial charge on any atom is -0.369 e. The highest BCUT2D eigenvalue weighted by molar-refractivity contribution is 7.09. The zero-order chi connectivity index (χ0) is 20.2. The van der Waals surface area contributed by atoms with Crippen molar-refractivity contribution in [3.63, 3.8) is 0 Å². The molecule has 30 heavy (non-hydrogen) atoms. The van der Waals surface area contributed by atoms with E-state index in [-0.39, 0.29) is 0 Å². The highest BCUT2D eigenvalue weighted by Gasteiger charge is 2.26. The molecule has 0 spiro atoms. The SMILES string of the molecule is c1csc(CCNc2nc(N3CCN(C4CCCCC4)CC3)nc3ccccc23)c1. The molecule has 2 fully saturated rings. The van der Waals surface area contributed by atoms with Gasteiger partial charge in [-0.2, -0.15) is 4.98 Å². The second-order valence-electron chi connectivity index (χ2n) is 8.46. The number of nitrogens with zero attached hydrogens (tertiary/aromatic N) is 4. The first-order chi connectivity index (χ1) is 14.9. The van der Waals surface area contributed by atoms with Crippen LogP contribution in [0.1, 0.15) is 37.0 Å². The molecule has 5 nitrogen and oxygen atoms in total. The Morgan fingerprint density at radius 3 is 2.57 bits per heavy atom. The first-order valence-electron chi connectivity index (χ1n) is 11.4. The molecule has 1 N–H and O–H groups in total. The molecule has 0 atom stereocenters. The standard InChI is InChI=1S/C24H31N5S/c1-2-7-19(8-3-1)28-14-16-29(17-15-28)24-26-22-11-5-4-10-21(22)23(27-24)25-13-12-20-9-6-18-30-20/h4-6,9-11,18-19H,1-3,7-8,12-17H2,(H,25,26,27). The summed E-state index contributed by atoms with van der Waals surface area (Å²) in [5, 5.41) is 6.83. The van der Waals surface area contributed by atoms with Gasteiger partial charge in [0.05, 0.1) is 5.52 Å². The smallest absolute Gasteiger partial charge is 0.227 e. The van der Waals surface area contributed by atoms with E-state index in [9.17, 15) is 0 Å². The Bertz CT molecular complexity index is 943. The van der Waals surface area contributed by atoms with Gasteiger partial charge in [-0.15, -0.1) is 11.3 Å². The largest absolute Gasteiger partial charge is 0.369 e. The van der Waals surface area contributed by atoms with E-state index in [4.69, 9.17) is 9.97 Å². The highest BCUT2D eigenvalue weighted by atomic mass is 32.1. The van der Waals surface area contributed by atoms with Gasteiger partial charge in [0.1, 0.15) is 5.82 Å². The van der Waals surface area contributed by atoms with Gasteiger partial charge in [-0.3, -0.25) is 4.90 Å². The van der Waals surface area contributed by atoms with E-state index in [0.29, 0.717) is 0 Å². The predicted molar refractivity (Wildman–Crippen MR) is 127 cm³/mol. The Labute approximate surface area is 183 Å². The summed E-state index contributed by atoms with van der Waals surface area (Å²) in [5.41, 5.74) is 1.02. The second-order valence-corrected chi connectivity index (χ2v) is 9.49. The fourth-order valence-corrected chi connectivity index (χ4v) is 5.54. The monoisotopic (exact) mass is 421 g/mol. The molecule has 5 rings (SSSR count). The summed E-state index contributed by atoms with van der Waals surface area (Å²) < 4.78 is 0. The van der Waals surface area contributed by atoms with E-state index in [0.717, 1.165) is 67.9 Å². The van der Waals surface area contributed by atoms with Crippen LogP contribution in [0, 0.1) is 0 Å². The Morgan fingerprint density at radius 2 is 1.77 bits per heavy atom. The van der Waals surface area contributed by atoms with Gasteiger partial charge in [0.25, 0.3) is 0 Å². The number of fused-ring (bicyclic) bond motifs is 1. The number of rotatable bonds is 6. The zero-order valence-corrected chi connectivity index (χ0v) is 18.4. The van der Waals surface area contributed by atoms with Gasteiger partial charge < -0.3 is 10.2 Å². The first kappa shape index (κ1) is 19.8. The van der Waals surface area contributed by atoms with E-state index in [1.165, 1.54) is 37.0 Å². The molecule has 1 saturated heterocycles. The normalized spacial score (nSPS) is 18.7. The molecule has 2 aliphatic rings. The molecule has 0 amide bonds. The third-order valence-electron chi connectivity index (χ3n) is 6.52. The number of benzene rings is 1. The molecule has 158 valence electrons. The van der Waals surface area contributed by atoms with Crippen LogP contribution >= 0.6 is 11.3 Å². The Balaban J connectivity index is 1.29. The first-order valence-corrected chi connectivity index (χ1v) is 12.3. The summed E-state index contributed by atoms with van der Waals surface area (Å²) in [5.74, 6) is 1.83. The number of aromatic nitrogens is 2. The van der Waals surface area contributed by atoms with Crippen molar-refractivity contribution in [3.05, 3.63) is 46.7 Å². The molecule has 3 heterocycles. The quantitative estimate of drug-likeness (QED) is 0.619. The third kappa shape index (κ3) is 4.44. The van der Waals surface area contributed by atoms with Crippen molar-refractivity contribution < 1.29 is 0 Å². The number of para-hydroxylation sites is 1. The minimum absolute atomic E-state index is 0.799. The van der Waals surface area contributed by atoms with Gasteiger partial charge in [0.2, 0.25) is 5.95 Å². The van der Waals surface area contributed by atoms with Gasteiger partial charge in [-0.1, -0.05) is 37.5 Å². The zero-order valence-electron chi connectivity index (χ0n) is 17.6. The topological polar surface area (TPSA) is 44.3 Å². The van der Waals surface area contributed by atoms with Crippen LogP contribution in [-0.2, 0) is 6.42 Å². The summed E-state index contributed by atoms with van der Waals surface area (Å²) in [4.78, 5) is 16.4. The Morgan fingerprint density at radius 1 is 0.933 bits per heavy atom. The molecule has 0 radical (unpaired) electrons. The molecule has 1 aliphatic carbocycles. The number of thiophene rings is 1. The number of anilines is 2. The Hall–Kier alpha value is -2.18. The van der Waals surface area contributed by atoms with E-state index >= 15 is 0 Å². The molecule has 1 aliphatic heterocycles. The van der Waals surface area contributed by atoms with Crippen LogP contribution < -0.4 is 10.2 Å². The predicted octanol–water partition coefficient (Wildman–Crippen LogP) is 4.80. The molecule has 1 saturated carbocycles. The van der Waals surface area contributed by atoms with Crippen LogP contribution in [-0.4, -0.2) is 53.6 Å². The number of hydrogen-bond acceptors (Lipinski definition) is 6. The van der Waals surface area contributed by atoms with E-state index < -0.39 is 0 Å². The van der Waals surface area contributed by atoms with Gasteiger partial charge in [-0.05, 0) is 42.8 Å². The van der Waals surface area contributed by atoms with Crippen molar-refractivity contribution in [2.45, 2.75) is 44.6 Å². The Kier molecular flexibility index (Phi) is 6.13. The van der Waals surface area contributed by atoms with Crippen molar-refractivity contribution in [2.75, 3.05) is 42.9 Å². The maximum absolute atomic E-state index is 4.97. The molecule has 1 aromatic carbocycles. The highest BCUT2D eigenvalue weighted by Crippen LogP contribution is 2.27. The molecule has 2 aromatic heterocycles. The molecule has 6 heteroatoms. The third-order valence-corrected chi connectivity index (χ3v) is 7.46. The van der Waals surface area contributed by atoms with E-state index in [1.54, 1.807) is 0 Å². The summed E-state index contributed by atoms with van der Waals surface area (Å²) in [6, 6.07) is 13.5. The van der Waals surface area contributed by atoms with Crippen molar-refractivity contribution in [2.24, 2.45) is 0 Å². The maximum atomic E-state index is 4.97. The summed E-state index contributed by atoms with van der Waals surface area (Å²) in [6.07, 6.45) is 8.00. The number of piperazine rings is 1. The van der Waals surface area contributed by atoms with Crippen LogP contribution in [0.3, 0.4) is 0 Å². The molecule has 3 aromatic rings. The van der Waals surface area contributed by atoms with Gasteiger partial charge in [0.15, 0.2) is 0 Å². The fourth-order valence-electron chi connectivity index (χ4n) is 4.83. The van der Waals surface area contributed by atoms with Crippen molar-refractivity contribution in [3.8, 4) is 0 Å². The lowest BCUT2D eigenvalue weighted by atomic mass is 9.94. The van der Waals surface area contributed by atoms with Gasteiger partial charge in [-0.25, -0.2) is 4.98 Å². The molecular weight excluding hydrogens is 390 g/mol. The fraction of sp³-hybridized carbons (Fsp3) is 0.500. The van der Waals surface area contributed by atoms with E-state index in [1.807, 2.05) is 11.3 Å². The average Bonchev–Trinajstić information content (AvgIpc) is 3.33. The van der Waals surface area contributed by atoms with Crippen LogP contribution in [0.4, 0.5) is 11.8 Å². The second kappa shape index (κ2) is 9.31. The summed E-state index contributed by atoms with van der Waals surface area (Å²) in [6.45, 7) is 5.17. The minimum atomic E-state index is 0.799. The molecular formula is C24H31N5S.